The molecular formula is C18H18F4N2O3. The molecule has 0 fully saturated rings. The summed E-state index contributed by atoms with van der Waals surface area (Å²) in [7, 11) is 1.44. The molecule has 146 valence electrons. The van der Waals surface area contributed by atoms with Gasteiger partial charge in [-0.25, -0.2) is 9.18 Å². The van der Waals surface area contributed by atoms with Crippen LogP contribution >= 0.6 is 0 Å². The third-order valence-corrected chi connectivity index (χ3v) is 3.55. The summed E-state index contributed by atoms with van der Waals surface area (Å²) in [5.41, 5.74) is -0.406. The van der Waals surface area contributed by atoms with E-state index in [1.54, 1.807) is 0 Å². The molecule has 0 spiro atoms. The maximum atomic E-state index is 12.8. The van der Waals surface area contributed by atoms with Crippen LogP contribution in [-0.2, 0) is 6.18 Å². The second-order valence-electron chi connectivity index (χ2n) is 5.80. The van der Waals surface area contributed by atoms with Gasteiger partial charge in [-0.1, -0.05) is 0 Å². The van der Waals surface area contributed by atoms with Crippen LogP contribution < -0.4 is 10.1 Å². The summed E-state index contributed by atoms with van der Waals surface area (Å²) in [5, 5.41) is 12.5. The van der Waals surface area contributed by atoms with Crippen molar-refractivity contribution >= 4 is 11.7 Å². The second kappa shape index (κ2) is 8.72. The molecule has 0 aromatic heterocycles. The fourth-order valence-corrected chi connectivity index (χ4v) is 2.14. The Labute approximate surface area is 153 Å². The number of amides is 2. The van der Waals surface area contributed by atoms with Crippen molar-refractivity contribution in [3.05, 3.63) is 59.9 Å². The van der Waals surface area contributed by atoms with Gasteiger partial charge in [0.15, 0.2) is 0 Å². The summed E-state index contributed by atoms with van der Waals surface area (Å²) in [4.78, 5) is 13.2. The number of halogens is 4. The summed E-state index contributed by atoms with van der Waals surface area (Å²) in [6, 6.07) is 8.73. The van der Waals surface area contributed by atoms with Crippen LogP contribution in [0.5, 0.6) is 5.75 Å². The Kier molecular flexibility index (Phi) is 6.62. The number of hydrogen-bond acceptors (Lipinski definition) is 3. The molecule has 2 amide bonds. The second-order valence-corrected chi connectivity index (χ2v) is 5.80. The van der Waals surface area contributed by atoms with E-state index in [4.69, 9.17) is 4.74 Å². The van der Waals surface area contributed by atoms with Gasteiger partial charge in [0.1, 0.15) is 24.3 Å². The first kappa shape index (κ1) is 20.5. The Morgan fingerprint density at radius 1 is 1.15 bits per heavy atom. The molecule has 0 aliphatic rings. The lowest BCUT2D eigenvalue weighted by molar-refractivity contribution is -0.137. The lowest BCUT2D eigenvalue weighted by Gasteiger charge is -2.21. The number of benzene rings is 2. The molecule has 0 bridgehead atoms. The lowest BCUT2D eigenvalue weighted by atomic mass is 10.2. The van der Waals surface area contributed by atoms with E-state index >= 15 is 0 Å². The molecule has 1 atom stereocenters. The van der Waals surface area contributed by atoms with Crippen LogP contribution in [0.2, 0.25) is 0 Å². The van der Waals surface area contributed by atoms with Crippen LogP contribution in [-0.4, -0.2) is 42.3 Å². The van der Waals surface area contributed by atoms with E-state index in [0.717, 1.165) is 24.3 Å². The van der Waals surface area contributed by atoms with Gasteiger partial charge in [-0.05, 0) is 48.5 Å². The molecule has 0 radical (unpaired) electrons. The number of rotatable bonds is 6. The normalized spacial score (nSPS) is 12.4. The van der Waals surface area contributed by atoms with E-state index in [1.165, 1.54) is 36.2 Å². The van der Waals surface area contributed by atoms with Crippen LogP contribution in [0.3, 0.4) is 0 Å². The zero-order chi connectivity index (χ0) is 20.0. The van der Waals surface area contributed by atoms with E-state index in [9.17, 15) is 27.5 Å². The number of carbonyl (C=O) groups is 1. The zero-order valence-electron chi connectivity index (χ0n) is 14.3. The van der Waals surface area contributed by atoms with Crippen molar-refractivity contribution in [2.24, 2.45) is 0 Å². The molecule has 2 N–H and O–H groups in total. The van der Waals surface area contributed by atoms with Gasteiger partial charge in [-0.3, -0.25) is 0 Å². The van der Waals surface area contributed by atoms with Crippen molar-refractivity contribution in [2.75, 3.05) is 25.5 Å². The fourth-order valence-electron chi connectivity index (χ4n) is 2.14. The monoisotopic (exact) mass is 386 g/mol. The van der Waals surface area contributed by atoms with Crippen LogP contribution in [0.15, 0.2) is 48.5 Å². The molecule has 0 saturated heterocycles. The Morgan fingerprint density at radius 3 is 2.30 bits per heavy atom. The first-order chi connectivity index (χ1) is 12.6. The molecule has 0 heterocycles. The van der Waals surface area contributed by atoms with Gasteiger partial charge in [-0.15, -0.1) is 0 Å². The van der Waals surface area contributed by atoms with Crippen molar-refractivity contribution in [1.82, 2.24) is 4.90 Å². The Morgan fingerprint density at radius 2 is 1.74 bits per heavy atom. The Hall–Kier alpha value is -2.81. The minimum Gasteiger partial charge on any atom is -0.491 e. The summed E-state index contributed by atoms with van der Waals surface area (Å²) in [6.07, 6.45) is -5.49. The van der Waals surface area contributed by atoms with Gasteiger partial charge in [-0.2, -0.15) is 13.2 Å². The number of aliphatic hydroxyl groups excluding tert-OH is 1. The SMILES string of the molecule is CN(CC(O)COc1ccc(C(F)(F)F)cc1)C(=O)Nc1ccc(F)cc1. The number of nitrogens with one attached hydrogen (secondary N) is 1. The first-order valence-electron chi connectivity index (χ1n) is 7.91. The summed E-state index contributed by atoms with van der Waals surface area (Å²) < 4.78 is 55.5. The van der Waals surface area contributed by atoms with E-state index < -0.39 is 29.7 Å². The first-order valence-corrected chi connectivity index (χ1v) is 7.91. The molecule has 2 aromatic carbocycles. The number of urea groups is 1. The molecule has 2 rings (SSSR count). The number of carbonyl (C=O) groups excluding carboxylic acids is 1. The van der Waals surface area contributed by atoms with Crippen molar-refractivity contribution in [3.63, 3.8) is 0 Å². The summed E-state index contributed by atoms with van der Waals surface area (Å²) in [6.45, 7) is -0.285. The molecule has 2 aromatic rings. The Bertz CT molecular complexity index is 749. The minimum absolute atomic E-state index is 0.0757. The van der Waals surface area contributed by atoms with Gasteiger partial charge in [0.2, 0.25) is 0 Å². The van der Waals surface area contributed by atoms with Crippen LogP contribution in [0.25, 0.3) is 0 Å². The standard InChI is InChI=1S/C18H18F4N2O3/c1-24(17(26)23-14-6-4-13(19)5-7-14)10-15(25)11-27-16-8-2-12(3-9-16)18(20,21)22/h2-9,15,25H,10-11H2,1H3,(H,23,26). The number of nitrogens with zero attached hydrogens (tertiary/aromatic N) is 1. The molecule has 27 heavy (non-hydrogen) atoms. The van der Waals surface area contributed by atoms with Crippen molar-refractivity contribution < 1.29 is 32.2 Å². The van der Waals surface area contributed by atoms with Crippen molar-refractivity contribution in [2.45, 2.75) is 12.3 Å². The molecule has 5 nitrogen and oxygen atoms in total. The van der Waals surface area contributed by atoms with E-state index in [2.05, 4.69) is 5.32 Å². The average molecular weight is 386 g/mol. The highest BCUT2D eigenvalue weighted by molar-refractivity contribution is 5.89. The van der Waals surface area contributed by atoms with Gasteiger partial charge >= 0.3 is 12.2 Å². The van der Waals surface area contributed by atoms with Gasteiger partial charge < -0.3 is 20.1 Å². The summed E-state index contributed by atoms with van der Waals surface area (Å²) >= 11 is 0. The van der Waals surface area contributed by atoms with Crippen molar-refractivity contribution in [1.29, 1.82) is 0 Å². The number of ether oxygens (including phenoxy) is 1. The number of aliphatic hydroxyl groups is 1. The van der Waals surface area contributed by atoms with Crippen LogP contribution in [0.1, 0.15) is 5.56 Å². The van der Waals surface area contributed by atoms with Gasteiger partial charge in [0.05, 0.1) is 12.1 Å². The summed E-state index contributed by atoms with van der Waals surface area (Å²) in [5.74, 6) is -0.266. The van der Waals surface area contributed by atoms with E-state index in [-0.39, 0.29) is 18.9 Å². The average Bonchev–Trinajstić information content (AvgIpc) is 2.61. The van der Waals surface area contributed by atoms with Crippen LogP contribution in [0.4, 0.5) is 28.0 Å². The third-order valence-electron chi connectivity index (χ3n) is 3.55. The highest BCUT2D eigenvalue weighted by atomic mass is 19.4. The quantitative estimate of drug-likeness (QED) is 0.744. The maximum absolute atomic E-state index is 12.8. The highest BCUT2D eigenvalue weighted by Gasteiger charge is 2.30. The van der Waals surface area contributed by atoms with E-state index in [1.807, 2.05) is 0 Å². The molecule has 1 unspecified atom stereocenters. The molecule has 9 heteroatoms. The molecular weight excluding hydrogens is 368 g/mol. The van der Waals surface area contributed by atoms with E-state index in [0.29, 0.717) is 5.69 Å². The zero-order valence-corrected chi connectivity index (χ0v) is 14.3. The number of alkyl halides is 3. The number of hydrogen-bond donors (Lipinski definition) is 2. The predicted molar refractivity (Wildman–Crippen MR) is 91.0 cm³/mol. The third kappa shape index (κ3) is 6.45. The topological polar surface area (TPSA) is 61.8 Å². The van der Waals surface area contributed by atoms with Gasteiger partial charge in [0, 0.05) is 12.7 Å². The minimum atomic E-state index is -4.43. The number of anilines is 1. The highest BCUT2D eigenvalue weighted by Crippen LogP contribution is 2.30. The molecule has 0 saturated carbocycles. The van der Waals surface area contributed by atoms with Crippen LogP contribution in [0, 0.1) is 5.82 Å². The lowest BCUT2D eigenvalue weighted by Crippen LogP contribution is -2.39. The molecule has 0 aliphatic carbocycles. The predicted octanol–water partition coefficient (Wildman–Crippen LogP) is 3.75. The largest absolute Gasteiger partial charge is 0.491 e. The molecule has 0 aliphatic heterocycles. The fraction of sp³-hybridized carbons (Fsp3) is 0.278. The maximum Gasteiger partial charge on any atom is 0.416 e. The van der Waals surface area contributed by atoms with Gasteiger partial charge in [0.25, 0.3) is 0 Å². The number of likely N-dealkylation sites (N-methyl/N-ethyl adjacent to an activating group) is 1. The Balaban J connectivity index is 1.79. The van der Waals surface area contributed by atoms with Crippen molar-refractivity contribution in [3.8, 4) is 5.75 Å². The smallest absolute Gasteiger partial charge is 0.416 e.